The monoisotopic (exact) mass is 280 g/mol. The third kappa shape index (κ3) is 2.89. The van der Waals surface area contributed by atoms with Gasteiger partial charge in [-0.2, -0.15) is 5.10 Å². The minimum absolute atomic E-state index is 0.0437. The van der Waals surface area contributed by atoms with E-state index in [1.54, 1.807) is 30.6 Å². The number of aromatic amines is 1. The second-order valence-electron chi connectivity index (χ2n) is 4.41. The van der Waals surface area contributed by atoms with E-state index in [9.17, 15) is 9.90 Å². The van der Waals surface area contributed by atoms with Gasteiger partial charge in [-0.15, -0.1) is 0 Å². The molecule has 0 bridgehead atoms. The Kier molecular flexibility index (Phi) is 3.34. The molecule has 0 aliphatic carbocycles. The lowest BCUT2D eigenvalue weighted by Crippen LogP contribution is -2.11. The van der Waals surface area contributed by atoms with Crippen LogP contribution in [0.4, 0.5) is 5.82 Å². The smallest absolute Gasteiger partial charge is 0.256 e. The van der Waals surface area contributed by atoms with Crippen LogP contribution in [0.1, 0.15) is 10.4 Å². The van der Waals surface area contributed by atoms with Crippen molar-refractivity contribution < 1.29 is 9.90 Å². The maximum Gasteiger partial charge on any atom is 0.256 e. The van der Waals surface area contributed by atoms with Gasteiger partial charge in [0.2, 0.25) is 0 Å². The predicted molar refractivity (Wildman–Crippen MR) is 77.9 cm³/mol. The van der Waals surface area contributed by atoms with Gasteiger partial charge in [-0.1, -0.05) is 6.07 Å². The van der Waals surface area contributed by atoms with Gasteiger partial charge in [0.25, 0.3) is 5.91 Å². The average Bonchev–Trinajstić information content (AvgIpc) is 2.97. The number of aromatic nitrogens is 3. The van der Waals surface area contributed by atoms with Gasteiger partial charge in [-0.3, -0.25) is 14.9 Å². The Balaban J connectivity index is 1.77. The van der Waals surface area contributed by atoms with Crippen molar-refractivity contribution in [3.63, 3.8) is 0 Å². The van der Waals surface area contributed by atoms with Crippen molar-refractivity contribution in [1.82, 2.24) is 15.2 Å². The number of hydrogen-bond donors (Lipinski definition) is 3. The summed E-state index contributed by atoms with van der Waals surface area (Å²) in [5, 5.41) is 18.9. The van der Waals surface area contributed by atoms with Crippen molar-refractivity contribution in [2.75, 3.05) is 5.32 Å². The molecule has 0 unspecified atom stereocenters. The fourth-order valence-corrected chi connectivity index (χ4v) is 1.90. The number of hydrogen-bond acceptors (Lipinski definition) is 4. The third-order valence-electron chi connectivity index (χ3n) is 2.92. The summed E-state index contributed by atoms with van der Waals surface area (Å²) in [6, 6.07) is 11.5. The molecule has 0 atom stereocenters. The SMILES string of the molecule is O=C(Nc1cc(-c2ccncc2)[nH]n1)c1cccc(O)c1. The van der Waals surface area contributed by atoms with E-state index in [1.807, 2.05) is 12.1 Å². The number of H-pyrrole nitrogens is 1. The number of phenolic OH excluding ortho intramolecular Hbond substituents is 1. The first-order valence-corrected chi connectivity index (χ1v) is 6.28. The minimum Gasteiger partial charge on any atom is -0.508 e. The molecule has 0 fully saturated rings. The zero-order valence-corrected chi connectivity index (χ0v) is 10.9. The number of carbonyl (C=O) groups is 1. The van der Waals surface area contributed by atoms with Gasteiger partial charge in [-0.05, 0) is 30.3 Å². The van der Waals surface area contributed by atoms with Crippen molar-refractivity contribution in [1.29, 1.82) is 0 Å². The van der Waals surface area contributed by atoms with Crippen LogP contribution in [0.5, 0.6) is 5.75 Å². The molecular weight excluding hydrogens is 268 g/mol. The second-order valence-corrected chi connectivity index (χ2v) is 4.41. The highest BCUT2D eigenvalue weighted by atomic mass is 16.3. The minimum atomic E-state index is -0.335. The number of carbonyl (C=O) groups excluding carboxylic acids is 1. The molecule has 2 heterocycles. The van der Waals surface area contributed by atoms with Crippen LogP contribution in [0.2, 0.25) is 0 Å². The van der Waals surface area contributed by atoms with Crippen LogP contribution in [-0.4, -0.2) is 26.2 Å². The molecule has 1 amide bonds. The summed E-state index contributed by atoms with van der Waals surface area (Å²) in [7, 11) is 0. The van der Waals surface area contributed by atoms with Gasteiger partial charge >= 0.3 is 0 Å². The Morgan fingerprint density at radius 1 is 1.14 bits per heavy atom. The van der Waals surface area contributed by atoms with Crippen molar-refractivity contribution in [3.8, 4) is 17.0 Å². The number of anilines is 1. The van der Waals surface area contributed by atoms with E-state index in [-0.39, 0.29) is 11.7 Å². The summed E-state index contributed by atoms with van der Waals surface area (Å²) in [4.78, 5) is 16.0. The summed E-state index contributed by atoms with van der Waals surface area (Å²) in [5.74, 6) is 0.121. The Morgan fingerprint density at radius 3 is 2.71 bits per heavy atom. The van der Waals surface area contributed by atoms with Crippen LogP contribution in [0.25, 0.3) is 11.3 Å². The molecule has 1 aromatic carbocycles. The largest absolute Gasteiger partial charge is 0.508 e. The number of rotatable bonds is 3. The summed E-state index contributed by atoms with van der Waals surface area (Å²) in [6.07, 6.45) is 3.36. The van der Waals surface area contributed by atoms with Gasteiger partial charge < -0.3 is 10.4 Å². The fourth-order valence-electron chi connectivity index (χ4n) is 1.90. The van der Waals surface area contributed by atoms with Gasteiger partial charge in [0.1, 0.15) is 5.75 Å². The van der Waals surface area contributed by atoms with E-state index in [0.29, 0.717) is 11.4 Å². The molecule has 3 aromatic rings. The number of pyridine rings is 1. The van der Waals surface area contributed by atoms with Crippen LogP contribution < -0.4 is 5.32 Å². The first-order valence-electron chi connectivity index (χ1n) is 6.28. The molecule has 0 spiro atoms. The summed E-state index contributed by atoms with van der Waals surface area (Å²) in [6.45, 7) is 0. The maximum absolute atomic E-state index is 12.0. The molecule has 0 aliphatic rings. The molecular formula is C15H12N4O2. The van der Waals surface area contributed by atoms with E-state index in [4.69, 9.17) is 0 Å². The van der Waals surface area contributed by atoms with Crippen LogP contribution in [0.3, 0.4) is 0 Å². The fraction of sp³-hybridized carbons (Fsp3) is 0. The van der Waals surface area contributed by atoms with Gasteiger partial charge in [-0.25, -0.2) is 0 Å². The number of aromatic hydroxyl groups is 1. The van der Waals surface area contributed by atoms with Gasteiger partial charge in [0.05, 0.1) is 5.69 Å². The standard InChI is InChI=1S/C15H12N4O2/c20-12-3-1-2-11(8-12)15(21)17-14-9-13(18-19-14)10-4-6-16-7-5-10/h1-9,20H,(H2,17,18,19,21). The highest BCUT2D eigenvalue weighted by molar-refractivity contribution is 6.04. The molecule has 3 N–H and O–H groups in total. The quantitative estimate of drug-likeness (QED) is 0.687. The van der Waals surface area contributed by atoms with E-state index in [1.165, 1.54) is 12.1 Å². The molecule has 0 radical (unpaired) electrons. The van der Waals surface area contributed by atoms with Gasteiger partial charge in [0, 0.05) is 29.6 Å². The van der Waals surface area contributed by atoms with Crippen molar-refractivity contribution in [2.24, 2.45) is 0 Å². The highest BCUT2D eigenvalue weighted by Gasteiger charge is 2.09. The normalized spacial score (nSPS) is 10.3. The van der Waals surface area contributed by atoms with E-state index >= 15 is 0 Å². The van der Waals surface area contributed by atoms with Crippen molar-refractivity contribution >= 4 is 11.7 Å². The number of nitrogens with zero attached hydrogens (tertiary/aromatic N) is 2. The van der Waals surface area contributed by atoms with Crippen molar-refractivity contribution in [3.05, 3.63) is 60.4 Å². The van der Waals surface area contributed by atoms with Crippen LogP contribution in [0, 0.1) is 0 Å². The number of benzene rings is 1. The van der Waals surface area contributed by atoms with Crippen LogP contribution in [0.15, 0.2) is 54.9 Å². The molecule has 21 heavy (non-hydrogen) atoms. The van der Waals surface area contributed by atoms with Crippen molar-refractivity contribution in [2.45, 2.75) is 0 Å². The molecule has 0 aliphatic heterocycles. The number of phenols is 1. The van der Waals surface area contributed by atoms with E-state index in [2.05, 4.69) is 20.5 Å². The number of nitrogens with one attached hydrogen (secondary N) is 2. The van der Waals surface area contributed by atoms with E-state index < -0.39 is 0 Å². The average molecular weight is 280 g/mol. The topological polar surface area (TPSA) is 90.9 Å². The molecule has 0 saturated carbocycles. The van der Waals surface area contributed by atoms with Gasteiger partial charge in [0.15, 0.2) is 5.82 Å². The first-order chi connectivity index (χ1) is 10.2. The molecule has 6 nitrogen and oxygen atoms in total. The summed E-state index contributed by atoms with van der Waals surface area (Å²) < 4.78 is 0. The lowest BCUT2D eigenvalue weighted by Gasteiger charge is -2.01. The van der Waals surface area contributed by atoms with Crippen LogP contribution in [-0.2, 0) is 0 Å². The lowest BCUT2D eigenvalue weighted by molar-refractivity contribution is 0.102. The lowest BCUT2D eigenvalue weighted by atomic mass is 10.2. The molecule has 104 valence electrons. The maximum atomic E-state index is 12.0. The summed E-state index contributed by atoms with van der Waals surface area (Å²) in [5.41, 5.74) is 2.07. The molecule has 3 rings (SSSR count). The first kappa shape index (κ1) is 12.9. The highest BCUT2D eigenvalue weighted by Crippen LogP contribution is 2.19. The third-order valence-corrected chi connectivity index (χ3v) is 2.92. The van der Waals surface area contributed by atoms with Crippen LogP contribution >= 0.6 is 0 Å². The predicted octanol–water partition coefficient (Wildman–Crippen LogP) is 2.43. The molecule has 2 aromatic heterocycles. The number of amides is 1. The Hall–Kier alpha value is -3.15. The zero-order chi connectivity index (χ0) is 14.7. The molecule has 0 saturated heterocycles. The second kappa shape index (κ2) is 5.46. The zero-order valence-electron chi connectivity index (χ0n) is 10.9. The Labute approximate surface area is 120 Å². The Bertz CT molecular complexity index is 768. The van der Waals surface area contributed by atoms with E-state index in [0.717, 1.165) is 11.3 Å². The molecule has 6 heteroatoms. The Morgan fingerprint density at radius 2 is 1.95 bits per heavy atom. The summed E-state index contributed by atoms with van der Waals surface area (Å²) >= 11 is 0.